The second-order valence-corrected chi connectivity index (χ2v) is 8.49. The molecule has 1 fully saturated rings. The summed E-state index contributed by atoms with van der Waals surface area (Å²) in [7, 11) is -3.74. The lowest BCUT2D eigenvalue weighted by atomic mass is 10.2. The molecule has 1 saturated heterocycles. The van der Waals surface area contributed by atoms with Crippen molar-refractivity contribution in [1.29, 1.82) is 5.26 Å². The predicted molar refractivity (Wildman–Crippen MR) is 91.7 cm³/mol. The van der Waals surface area contributed by atoms with Crippen LogP contribution in [0.5, 0.6) is 0 Å². The lowest BCUT2D eigenvalue weighted by molar-refractivity contribution is 0.434. The standard InChI is InChI=1S/C16H13ClN2O2S2/c17-14-6-3-5-12(10-14)16-19(8-9-22-16)23(20,21)15-7-2-1-4-13(15)11-18/h1-7,10,16H,8-9H2. The maximum absolute atomic E-state index is 13.0. The molecule has 1 atom stereocenters. The highest BCUT2D eigenvalue weighted by atomic mass is 35.5. The maximum Gasteiger partial charge on any atom is 0.245 e. The van der Waals surface area contributed by atoms with Gasteiger partial charge in [-0.25, -0.2) is 8.42 Å². The van der Waals surface area contributed by atoms with Crippen LogP contribution in [0.1, 0.15) is 16.5 Å². The fraction of sp³-hybridized carbons (Fsp3) is 0.188. The van der Waals surface area contributed by atoms with Crippen LogP contribution in [0.2, 0.25) is 5.02 Å². The quantitative estimate of drug-likeness (QED) is 0.834. The number of hydrogen-bond acceptors (Lipinski definition) is 4. The monoisotopic (exact) mass is 364 g/mol. The van der Waals surface area contributed by atoms with Crippen LogP contribution in [0, 0.1) is 11.3 Å². The average Bonchev–Trinajstić information content (AvgIpc) is 3.05. The first kappa shape index (κ1) is 16.3. The Kier molecular flexibility index (Phi) is 4.64. The van der Waals surface area contributed by atoms with Crippen LogP contribution in [-0.4, -0.2) is 25.0 Å². The van der Waals surface area contributed by atoms with E-state index in [1.54, 1.807) is 36.0 Å². The van der Waals surface area contributed by atoms with Gasteiger partial charge >= 0.3 is 0 Å². The highest BCUT2D eigenvalue weighted by molar-refractivity contribution is 8.01. The van der Waals surface area contributed by atoms with Gasteiger partial charge in [-0.1, -0.05) is 35.9 Å². The van der Waals surface area contributed by atoms with Gasteiger partial charge in [-0.3, -0.25) is 0 Å². The number of nitrogens with zero attached hydrogens (tertiary/aromatic N) is 2. The summed E-state index contributed by atoms with van der Waals surface area (Å²) < 4.78 is 27.5. The molecule has 0 N–H and O–H groups in total. The van der Waals surface area contributed by atoms with Gasteiger partial charge in [-0.2, -0.15) is 9.57 Å². The summed E-state index contributed by atoms with van der Waals surface area (Å²) in [5, 5.41) is 9.43. The van der Waals surface area contributed by atoms with Gasteiger partial charge in [-0.15, -0.1) is 11.8 Å². The van der Waals surface area contributed by atoms with Crippen molar-refractivity contribution in [3.63, 3.8) is 0 Å². The van der Waals surface area contributed by atoms with E-state index in [9.17, 15) is 13.7 Å². The molecule has 1 aliphatic heterocycles. The zero-order valence-electron chi connectivity index (χ0n) is 12.0. The smallest absolute Gasteiger partial charge is 0.207 e. The molecule has 0 aliphatic carbocycles. The minimum Gasteiger partial charge on any atom is -0.207 e. The van der Waals surface area contributed by atoms with E-state index in [0.717, 1.165) is 5.56 Å². The number of thioether (sulfide) groups is 1. The zero-order chi connectivity index (χ0) is 16.4. The molecule has 0 bridgehead atoms. The van der Waals surface area contributed by atoms with Crippen LogP contribution in [0.25, 0.3) is 0 Å². The van der Waals surface area contributed by atoms with Crippen LogP contribution in [0.15, 0.2) is 53.4 Å². The van der Waals surface area contributed by atoms with Gasteiger partial charge < -0.3 is 0 Å². The van der Waals surface area contributed by atoms with Crippen molar-refractivity contribution < 1.29 is 8.42 Å². The molecular weight excluding hydrogens is 352 g/mol. The Morgan fingerprint density at radius 1 is 1.22 bits per heavy atom. The Labute approximate surface area is 144 Å². The van der Waals surface area contributed by atoms with E-state index in [-0.39, 0.29) is 15.8 Å². The highest BCUT2D eigenvalue weighted by Crippen LogP contribution is 2.42. The minimum atomic E-state index is -3.74. The lowest BCUT2D eigenvalue weighted by Gasteiger charge is -2.24. The molecule has 4 nitrogen and oxygen atoms in total. The minimum absolute atomic E-state index is 0.0528. The number of sulfonamides is 1. The van der Waals surface area contributed by atoms with Crippen molar-refractivity contribution in [1.82, 2.24) is 4.31 Å². The third-order valence-corrected chi connectivity index (χ3v) is 7.13. The second kappa shape index (κ2) is 6.54. The molecule has 0 aromatic heterocycles. The highest BCUT2D eigenvalue weighted by Gasteiger charge is 2.37. The Morgan fingerprint density at radius 2 is 2.00 bits per heavy atom. The third kappa shape index (κ3) is 3.10. The summed E-state index contributed by atoms with van der Waals surface area (Å²) in [5.74, 6) is 0.700. The van der Waals surface area contributed by atoms with Crippen LogP contribution < -0.4 is 0 Å². The zero-order valence-corrected chi connectivity index (χ0v) is 14.4. The van der Waals surface area contributed by atoms with Crippen molar-refractivity contribution in [3.8, 4) is 6.07 Å². The first-order valence-corrected chi connectivity index (χ1v) is 9.79. The molecule has 0 saturated carbocycles. The molecule has 7 heteroatoms. The van der Waals surface area contributed by atoms with E-state index in [4.69, 9.17) is 11.6 Å². The Balaban J connectivity index is 2.04. The molecule has 3 rings (SSSR count). The van der Waals surface area contributed by atoms with Crippen LogP contribution in [0.3, 0.4) is 0 Å². The topological polar surface area (TPSA) is 61.2 Å². The molecule has 1 heterocycles. The average molecular weight is 365 g/mol. The normalized spacial score (nSPS) is 18.7. The second-order valence-electron chi connectivity index (χ2n) is 5.00. The van der Waals surface area contributed by atoms with Gasteiger partial charge in [0.1, 0.15) is 6.07 Å². The maximum atomic E-state index is 13.0. The lowest BCUT2D eigenvalue weighted by Crippen LogP contribution is -2.31. The Bertz CT molecular complexity index is 878. The predicted octanol–water partition coefficient (Wildman–Crippen LogP) is 3.65. The molecule has 2 aromatic rings. The van der Waals surface area contributed by atoms with E-state index in [2.05, 4.69) is 0 Å². The molecule has 0 spiro atoms. The Morgan fingerprint density at radius 3 is 2.74 bits per heavy atom. The van der Waals surface area contributed by atoms with Crippen molar-refractivity contribution in [2.45, 2.75) is 10.3 Å². The van der Waals surface area contributed by atoms with Crippen LogP contribution >= 0.6 is 23.4 Å². The summed E-state index contributed by atoms with van der Waals surface area (Å²) in [6.45, 7) is 0.407. The fourth-order valence-electron chi connectivity index (χ4n) is 2.53. The first-order valence-electron chi connectivity index (χ1n) is 6.92. The number of rotatable bonds is 3. The molecule has 23 heavy (non-hydrogen) atoms. The molecular formula is C16H13ClN2O2S2. The van der Waals surface area contributed by atoms with E-state index < -0.39 is 10.0 Å². The van der Waals surface area contributed by atoms with Crippen LogP contribution in [-0.2, 0) is 10.0 Å². The van der Waals surface area contributed by atoms with Gasteiger partial charge in [0.25, 0.3) is 0 Å². The number of benzene rings is 2. The Hall–Kier alpha value is -1.52. The van der Waals surface area contributed by atoms with E-state index in [1.807, 2.05) is 18.2 Å². The summed E-state index contributed by atoms with van der Waals surface area (Å²) in [6.07, 6.45) is 0. The van der Waals surface area contributed by atoms with Crippen molar-refractivity contribution in [3.05, 3.63) is 64.7 Å². The third-order valence-electron chi connectivity index (χ3n) is 3.58. The van der Waals surface area contributed by atoms with E-state index in [1.165, 1.54) is 16.4 Å². The van der Waals surface area contributed by atoms with E-state index in [0.29, 0.717) is 17.3 Å². The molecule has 0 radical (unpaired) electrons. The fourth-order valence-corrected chi connectivity index (χ4v) is 6.11. The summed E-state index contributed by atoms with van der Waals surface area (Å²) in [5.41, 5.74) is 1.01. The SMILES string of the molecule is N#Cc1ccccc1S(=O)(=O)N1CCSC1c1cccc(Cl)c1. The van der Waals surface area contributed by atoms with Gasteiger partial charge in [0.2, 0.25) is 10.0 Å². The van der Waals surface area contributed by atoms with Gasteiger partial charge in [0.15, 0.2) is 0 Å². The number of nitriles is 1. The first-order chi connectivity index (χ1) is 11.0. The van der Waals surface area contributed by atoms with Crippen molar-refractivity contribution >= 4 is 33.4 Å². The van der Waals surface area contributed by atoms with Crippen molar-refractivity contribution in [2.24, 2.45) is 0 Å². The van der Waals surface area contributed by atoms with Crippen LogP contribution in [0.4, 0.5) is 0 Å². The summed E-state index contributed by atoms with van der Waals surface area (Å²) >= 11 is 7.58. The largest absolute Gasteiger partial charge is 0.245 e. The number of hydrogen-bond donors (Lipinski definition) is 0. The molecule has 0 amide bonds. The molecule has 1 unspecified atom stereocenters. The summed E-state index contributed by atoms with van der Waals surface area (Å²) in [4.78, 5) is 0.0528. The van der Waals surface area contributed by atoms with Gasteiger partial charge in [0, 0.05) is 17.3 Å². The molecule has 118 valence electrons. The van der Waals surface area contributed by atoms with Gasteiger partial charge in [-0.05, 0) is 29.8 Å². The molecule has 2 aromatic carbocycles. The molecule has 1 aliphatic rings. The van der Waals surface area contributed by atoms with Gasteiger partial charge in [0.05, 0.1) is 15.8 Å². The van der Waals surface area contributed by atoms with E-state index >= 15 is 0 Å². The summed E-state index contributed by atoms with van der Waals surface area (Å²) in [6, 6.07) is 15.5. The number of halogens is 1. The van der Waals surface area contributed by atoms with Crippen molar-refractivity contribution in [2.75, 3.05) is 12.3 Å².